The van der Waals surface area contributed by atoms with Crippen LogP contribution in [0.2, 0.25) is 0 Å². The molecule has 20 heavy (non-hydrogen) atoms. The summed E-state index contributed by atoms with van der Waals surface area (Å²) in [6, 6.07) is 4.45. The molecule has 0 unspecified atom stereocenters. The van der Waals surface area contributed by atoms with Gasteiger partial charge in [0.05, 0.1) is 18.8 Å². The number of benzene rings is 1. The summed E-state index contributed by atoms with van der Waals surface area (Å²) < 4.78 is 20.4. The van der Waals surface area contributed by atoms with Gasteiger partial charge in [-0.15, -0.1) is 5.10 Å². The van der Waals surface area contributed by atoms with Crippen molar-refractivity contribution in [2.45, 2.75) is 19.4 Å². The molecule has 0 atom stereocenters. The summed E-state index contributed by atoms with van der Waals surface area (Å²) in [6.45, 7) is 1.93. The van der Waals surface area contributed by atoms with Crippen LogP contribution in [0.4, 0.5) is 10.1 Å². The third-order valence-corrected chi connectivity index (χ3v) is 3.28. The molecule has 0 aliphatic heterocycles. The molecule has 1 heterocycles. The van der Waals surface area contributed by atoms with Gasteiger partial charge in [-0.25, -0.2) is 9.07 Å². The van der Waals surface area contributed by atoms with Gasteiger partial charge in [-0.05, 0) is 47.4 Å². The zero-order valence-corrected chi connectivity index (χ0v) is 11.0. The largest absolute Gasteiger partial charge is 0.396 e. The summed E-state index contributed by atoms with van der Waals surface area (Å²) >= 11 is 0. The molecule has 0 bridgehead atoms. The lowest BCUT2D eigenvalue weighted by Crippen LogP contribution is -2.10. The lowest BCUT2D eigenvalue weighted by molar-refractivity contribution is 0.114. The first kappa shape index (κ1) is 13.0. The fraction of sp³-hybridized carbons (Fsp3) is 0.462. The molecular formula is C13H16FN5O. The van der Waals surface area contributed by atoms with Gasteiger partial charge in [0.2, 0.25) is 0 Å². The number of nitrogens with two attached hydrogens (primary N) is 1. The lowest BCUT2D eigenvalue weighted by atomic mass is 10.2. The van der Waals surface area contributed by atoms with E-state index in [0.29, 0.717) is 24.5 Å². The van der Waals surface area contributed by atoms with E-state index in [4.69, 9.17) is 10.5 Å². The SMILES string of the molecule is Nc1cc(-c2nnnn2CCOCC2CC2)ccc1F. The molecule has 7 heteroatoms. The zero-order valence-electron chi connectivity index (χ0n) is 11.0. The van der Waals surface area contributed by atoms with E-state index in [1.165, 1.54) is 25.0 Å². The minimum atomic E-state index is -0.444. The topological polar surface area (TPSA) is 78.9 Å². The van der Waals surface area contributed by atoms with Gasteiger partial charge in [0, 0.05) is 12.2 Å². The number of hydrogen-bond acceptors (Lipinski definition) is 5. The molecule has 1 aromatic heterocycles. The number of hydrogen-bond donors (Lipinski definition) is 1. The van der Waals surface area contributed by atoms with E-state index in [0.717, 1.165) is 12.5 Å². The summed E-state index contributed by atoms with van der Waals surface area (Å²) in [5.74, 6) is 0.854. The summed E-state index contributed by atoms with van der Waals surface area (Å²) in [7, 11) is 0. The highest BCUT2D eigenvalue weighted by Crippen LogP contribution is 2.28. The van der Waals surface area contributed by atoms with Crippen LogP contribution in [0.5, 0.6) is 0 Å². The second-order valence-electron chi connectivity index (χ2n) is 4.98. The number of nitrogen functional groups attached to an aromatic ring is 1. The van der Waals surface area contributed by atoms with E-state index < -0.39 is 5.82 Å². The Morgan fingerprint density at radius 2 is 2.25 bits per heavy atom. The maximum absolute atomic E-state index is 13.2. The first-order valence-electron chi connectivity index (χ1n) is 6.63. The minimum Gasteiger partial charge on any atom is -0.396 e. The van der Waals surface area contributed by atoms with Crippen LogP contribution in [0, 0.1) is 11.7 Å². The molecule has 0 saturated heterocycles. The third kappa shape index (κ3) is 2.93. The quantitative estimate of drug-likeness (QED) is 0.639. The van der Waals surface area contributed by atoms with Crippen LogP contribution in [0.25, 0.3) is 11.4 Å². The number of halogens is 1. The number of aromatic nitrogens is 4. The molecule has 2 aromatic rings. The first-order valence-corrected chi connectivity index (χ1v) is 6.63. The van der Waals surface area contributed by atoms with Crippen molar-refractivity contribution in [1.82, 2.24) is 20.2 Å². The highest BCUT2D eigenvalue weighted by Gasteiger charge is 2.21. The molecule has 0 spiro atoms. The lowest BCUT2D eigenvalue weighted by Gasteiger charge is -2.06. The Morgan fingerprint density at radius 3 is 3.00 bits per heavy atom. The molecule has 1 aliphatic carbocycles. The Bertz CT molecular complexity index is 596. The third-order valence-electron chi connectivity index (χ3n) is 3.28. The van der Waals surface area contributed by atoms with Crippen molar-refractivity contribution < 1.29 is 9.13 Å². The Labute approximate surface area is 115 Å². The van der Waals surface area contributed by atoms with E-state index in [9.17, 15) is 4.39 Å². The van der Waals surface area contributed by atoms with Crippen LogP contribution < -0.4 is 5.73 Å². The molecule has 1 fully saturated rings. The van der Waals surface area contributed by atoms with Gasteiger partial charge >= 0.3 is 0 Å². The number of ether oxygens (including phenoxy) is 1. The van der Waals surface area contributed by atoms with Gasteiger partial charge in [0.15, 0.2) is 5.82 Å². The predicted octanol–water partition coefficient (Wildman–Crippen LogP) is 1.49. The molecule has 1 aromatic carbocycles. The van der Waals surface area contributed by atoms with Crippen molar-refractivity contribution in [2.24, 2.45) is 5.92 Å². The van der Waals surface area contributed by atoms with Crippen LogP contribution in [0.1, 0.15) is 12.8 Å². The van der Waals surface area contributed by atoms with Crippen molar-refractivity contribution in [1.29, 1.82) is 0 Å². The van der Waals surface area contributed by atoms with Crippen LogP contribution in [-0.4, -0.2) is 33.4 Å². The molecular weight excluding hydrogens is 261 g/mol. The van der Waals surface area contributed by atoms with Crippen LogP contribution in [0.3, 0.4) is 0 Å². The summed E-state index contributed by atoms with van der Waals surface area (Å²) in [6.07, 6.45) is 2.54. The number of rotatable bonds is 6. The number of tetrazole rings is 1. The molecule has 1 saturated carbocycles. The van der Waals surface area contributed by atoms with Crippen molar-refractivity contribution in [3.8, 4) is 11.4 Å². The van der Waals surface area contributed by atoms with E-state index in [1.807, 2.05) is 0 Å². The van der Waals surface area contributed by atoms with E-state index in [2.05, 4.69) is 15.5 Å². The molecule has 1 aliphatic rings. The zero-order chi connectivity index (χ0) is 13.9. The highest BCUT2D eigenvalue weighted by molar-refractivity contribution is 5.61. The van der Waals surface area contributed by atoms with E-state index >= 15 is 0 Å². The van der Waals surface area contributed by atoms with Crippen molar-refractivity contribution in [3.63, 3.8) is 0 Å². The van der Waals surface area contributed by atoms with Crippen molar-refractivity contribution in [3.05, 3.63) is 24.0 Å². The van der Waals surface area contributed by atoms with Crippen molar-refractivity contribution in [2.75, 3.05) is 18.9 Å². The number of anilines is 1. The van der Waals surface area contributed by atoms with Gasteiger partial charge in [0.25, 0.3) is 0 Å². The summed E-state index contributed by atoms with van der Waals surface area (Å²) in [5.41, 5.74) is 6.34. The van der Waals surface area contributed by atoms with Gasteiger partial charge < -0.3 is 10.5 Å². The number of nitrogens with zero attached hydrogens (tertiary/aromatic N) is 4. The predicted molar refractivity (Wildman–Crippen MR) is 71.2 cm³/mol. The fourth-order valence-corrected chi connectivity index (χ4v) is 1.93. The maximum atomic E-state index is 13.2. The second kappa shape index (κ2) is 5.54. The van der Waals surface area contributed by atoms with E-state index in [1.54, 1.807) is 10.7 Å². The first-order chi connectivity index (χ1) is 9.74. The van der Waals surface area contributed by atoms with Crippen LogP contribution in [0.15, 0.2) is 18.2 Å². The smallest absolute Gasteiger partial charge is 0.182 e. The van der Waals surface area contributed by atoms with Gasteiger partial charge in [-0.3, -0.25) is 0 Å². The monoisotopic (exact) mass is 277 g/mol. The van der Waals surface area contributed by atoms with Gasteiger partial charge in [0.1, 0.15) is 5.82 Å². The average molecular weight is 277 g/mol. The van der Waals surface area contributed by atoms with Gasteiger partial charge in [-0.2, -0.15) is 0 Å². The normalized spacial score (nSPS) is 14.7. The van der Waals surface area contributed by atoms with E-state index in [-0.39, 0.29) is 5.69 Å². The highest BCUT2D eigenvalue weighted by atomic mass is 19.1. The minimum absolute atomic E-state index is 0.0852. The summed E-state index contributed by atoms with van der Waals surface area (Å²) in [4.78, 5) is 0. The fourth-order valence-electron chi connectivity index (χ4n) is 1.93. The Morgan fingerprint density at radius 1 is 1.40 bits per heavy atom. The van der Waals surface area contributed by atoms with Crippen molar-refractivity contribution >= 4 is 5.69 Å². The summed E-state index contributed by atoms with van der Waals surface area (Å²) in [5, 5.41) is 11.5. The Hall–Kier alpha value is -2.02. The van der Waals surface area contributed by atoms with Gasteiger partial charge in [-0.1, -0.05) is 0 Å². The molecule has 6 nitrogen and oxygen atoms in total. The standard InChI is InChI=1S/C13H16FN5O/c14-11-4-3-10(7-12(11)15)13-16-17-18-19(13)5-6-20-8-9-1-2-9/h3-4,7,9H,1-2,5-6,8,15H2. The maximum Gasteiger partial charge on any atom is 0.182 e. The van der Waals surface area contributed by atoms with Crippen LogP contribution in [-0.2, 0) is 11.3 Å². The molecule has 3 rings (SSSR count). The molecule has 0 amide bonds. The molecule has 2 N–H and O–H groups in total. The average Bonchev–Trinajstić information content (AvgIpc) is 3.15. The van der Waals surface area contributed by atoms with Crippen LogP contribution >= 0.6 is 0 Å². The molecule has 0 radical (unpaired) electrons. The second-order valence-corrected chi connectivity index (χ2v) is 4.98. The Kier molecular flexibility index (Phi) is 3.60. The Balaban J connectivity index is 1.66. The molecule has 106 valence electrons.